The standard InChI is InChI=1S/C22H23Cl2N3O/c1-13-8-20-17(14(2)11-22(3,4)27(20)5)9-16(13)12-25-26-21(28)15-6-7-18(23)19(24)10-15/h6-12H,1-5H3,(H,26,28)/b25-12+. The smallest absolute Gasteiger partial charge is 0.271 e. The third kappa shape index (κ3) is 3.94. The molecule has 0 atom stereocenters. The fourth-order valence-electron chi connectivity index (χ4n) is 3.32. The first-order chi connectivity index (χ1) is 13.1. The van der Waals surface area contributed by atoms with Crippen LogP contribution in [-0.2, 0) is 0 Å². The lowest BCUT2D eigenvalue weighted by molar-refractivity contribution is 0.0955. The van der Waals surface area contributed by atoms with Crippen molar-refractivity contribution < 1.29 is 4.79 Å². The minimum absolute atomic E-state index is 0.0348. The molecule has 2 aromatic carbocycles. The maximum atomic E-state index is 12.2. The summed E-state index contributed by atoms with van der Waals surface area (Å²) in [4.78, 5) is 14.5. The molecule has 0 aliphatic carbocycles. The van der Waals surface area contributed by atoms with Gasteiger partial charge in [0.2, 0.25) is 0 Å². The first-order valence-electron chi connectivity index (χ1n) is 8.97. The second kappa shape index (κ2) is 7.61. The summed E-state index contributed by atoms with van der Waals surface area (Å²) >= 11 is 11.8. The highest BCUT2D eigenvalue weighted by Gasteiger charge is 2.28. The lowest BCUT2D eigenvalue weighted by Crippen LogP contribution is -2.42. The maximum absolute atomic E-state index is 12.2. The Balaban J connectivity index is 1.82. The van der Waals surface area contributed by atoms with E-state index in [1.165, 1.54) is 22.9 Å². The van der Waals surface area contributed by atoms with Gasteiger partial charge in [0.25, 0.3) is 5.91 Å². The number of allylic oxidation sites excluding steroid dienone is 1. The SMILES string of the molecule is CC1=CC(C)(C)N(C)c2cc(C)c(/C=N/NC(=O)c3ccc(Cl)c(Cl)c3)cc21. The number of carbonyl (C=O) groups is 1. The molecule has 0 saturated heterocycles. The van der Waals surface area contributed by atoms with Crippen LogP contribution in [-0.4, -0.2) is 24.7 Å². The minimum Gasteiger partial charge on any atom is -0.365 e. The molecule has 6 heteroatoms. The predicted octanol–water partition coefficient (Wildman–Crippen LogP) is 5.70. The summed E-state index contributed by atoms with van der Waals surface area (Å²) in [7, 11) is 2.10. The molecule has 146 valence electrons. The zero-order chi connectivity index (χ0) is 20.6. The average Bonchev–Trinajstić information content (AvgIpc) is 2.62. The van der Waals surface area contributed by atoms with Crippen molar-refractivity contribution in [2.24, 2.45) is 5.10 Å². The molecule has 1 heterocycles. The van der Waals surface area contributed by atoms with Gasteiger partial charge in [-0.15, -0.1) is 0 Å². The number of nitrogens with one attached hydrogen (secondary N) is 1. The third-order valence-electron chi connectivity index (χ3n) is 5.16. The molecule has 0 fully saturated rings. The van der Waals surface area contributed by atoms with Gasteiger partial charge >= 0.3 is 0 Å². The highest BCUT2D eigenvalue weighted by Crippen LogP contribution is 2.38. The van der Waals surface area contributed by atoms with Crippen molar-refractivity contribution in [1.82, 2.24) is 5.43 Å². The number of rotatable bonds is 3. The van der Waals surface area contributed by atoms with Gasteiger partial charge in [-0.3, -0.25) is 4.79 Å². The van der Waals surface area contributed by atoms with Crippen molar-refractivity contribution >= 4 is 46.6 Å². The highest BCUT2D eigenvalue weighted by atomic mass is 35.5. The molecular weight excluding hydrogens is 393 g/mol. The van der Waals surface area contributed by atoms with E-state index >= 15 is 0 Å². The van der Waals surface area contributed by atoms with E-state index in [1.807, 2.05) is 6.92 Å². The number of hydrogen-bond donors (Lipinski definition) is 1. The third-order valence-corrected chi connectivity index (χ3v) is 5.90. The van der Waals surface area contributed by atoms with Crippen LogP contribution in [0.2, 0.25) is 10.0 Å². The zero-order valence-electron chi connectivity index (χ0n) is 16.6. The summed E-state index contributed by atoms with van der Waals surface area (Å²) in [6, 6.07) is 8.98. The van der Waals surface area contributed by atoms with Crippen LogP contribution in [0.15, 0.2) is 41.5 Å². The quantitative estimate of drug-likeness (QED) is 0.516. The van der Waals surface area contributed by atoms with E-state index in [-0.39, 0.29) is 11.4 Å². The molecule has 0 spiro atoms. The molecule has 1 aliphatic rings. The molecule has 1 N–H and O–H groups in total. The monoisotopic (exact) mass is 415 g/mol. The predicted molar refractivity (Wildman–Crippen MR) is 119 cm³/mol. The number of hydrogen-bond acceptors (Lipinski definition) is 3. The Bertz CT molecular complexity index is 1010. The number of carbonyl (C=O) groups excluding carboxylic acids is 1. The molecule has 28 heavy (non-hydrogen) atoms. The van der Waals surface area contributed by atoms with E-state index in [0.717, 1.165) is 11.1 Å². The average molecular weight is 416 g/mol. The number of aryl methyl sites for hydroxylation is 1. The van der Waals surface area contributed by atoms with Crippen molar-refractivity contribution in [1.29, 1.82) is 0 Å². The molecular formula is C22H23Cl2N3O. The van der Waals surface area contributed by atoms with Crippen LogP contribution in [0.1, 0.15) is 47.8 Å². The van der Waals surface area contributed by atoms with Crippen molar-refractivity contribution in [2.75, 3.05) is 11.9 Å². The molecule has 4 nitrogen and oxygen atoms in total. The van der Waals surface area contributed by atoms with E-state index < -0.39 is 0 Å². The van der Waals surface area contributed by atoms with Gasteiger partial charge in [0.1, 0.15) is 0 Å². The van der Waals surface area contributed by atoms with Crippen LogP contribution in [0.3, 0.4) is 0 Å². The molecule has 1 amide bonds. The lowest BCUT2D eigenvalue weighted by Gasteiger charge is -2.41. The molecule has 3 rings (SSSR count). The van der Waals surface area contributed by atoms with Crippen LogP contribution in [0.4, 0.5) is 5.69 Å². The summed E-state index contributed by atoms with van der Waals surface area (Å²) < 4.78 is 0. The zero-order valence-corrected chi connectivity index (χ0v) is 18.1. The van der Waals surface area contributed by atoms with Crippen molar-refractivity contribution in [2.45, 2.75) is 33.2 Å². The number of nitrogens with zero attached hydrogens (tertiary/aromatic N) is 2. The largest absolute Gasteiger partial charge is 0.365 e. The number of fused-ring (bicyclic) bond motifs is 1. The summed E-state index contributed by atoms with van der Waals surface area (Å²) in [5, 5.41) is 4.86. The van der Waals surface area contributed by atoms with Crippen LogP contribution < -0.4 is 10.3 Å². The second-order valence-corrected chi connectivity index (χ2v) is 8.41. The maximum Gasteiger partial charge on any atom is 0.271 e. The Morgan fingerprint density at radius 3 is 2.54 bits per heavy atom. The summed E-state index contributed by atoms with van der Waals surface area (Å²) in [6.45, 7) is 8.55. The number of benzene rings is 2. The molecule has 0 bridgehead atoms. The van der Waals surface area contributed by atoms with Crippen molar-refractivity contribution in [3.8, 4) is 0 Å². The van der Waals surface area contributed by atoms with Crippen molar-refractivity contribution in [3.05, 3.63) is 68.7 Å². The van der Waals surface area contributed by atoms with Crippen LogP contribution in [0.25, 0.3) is 5.57 Å². The fraction of sp³-hybridized carbons (Fsp3) is 0.273. The lowest BCUT2D eigenvalue weighted by atomic mass is 9.87. The normalized spacial score (nSPS) is 15.4. The van der Waals surface area contributed by atoms with Gasteiger partial charge < -0.3 is 4.90 Å². The topological polar surface area (TPSA) is 44.7 Å². The first kappa shape index (κ1) is 20.4. The summed E-state index contributed by atoms with van der Waals surface area (Å²) in [5.41, 5.74) is 8.54. The number of halogens is 2. The van der Waals surface area contributed by atoms with Gasteiger partial charge in [-0.05, 0) is 74.7 Å². The molecule has 1 aliphatic heterocycles. The summed E-state index contributed by atoms with van der Waals surface area (Å²) in [6.07, 6.45) is 3.93. The number of anilines is 1. The Hall–Kier alpha value is -2.30. The van der Waals surface area contributed by atoms with Gasteiger partial charge in [0.05, 0.1) is 21.8 Å². The van der Waals surface area contributed by atoms with Gasteiger partial charge in [0.15, 0.2) is 0 Å². The van der Waals surface area contributed by atoms with Crippen LogP contribution in [0.5, 0.6) is 0 Å². The van der Waals surface area contributed by atoms with E-state index in [9.17, 15) is 4.79 Å². The number of likely N-dealkylation sites (N-methyl/N-ethyl adjacent to an activating group) is 1. The Morgan fingerprint density at radius 2 is 1.86 bits per heavy atom. The number of hydrazone groups is 1. The first-order valence-corrected chi connectivity index (χ1v) is 9.72. The van der Waals surface area contributed by atoms with E-state index in [0.29, 0.717) is 15.6 Å². The Kier molecular flexibility index (Phi) is 5.55. The fourth-order valence-corrected chi connectivity index (χ4v) is 3.62. The number of amides is 1. The molecule has 0 aromatic heterocycles. The molecule has 0 radical (unpaired) electrons. The summed E-state index contributed by atoms with van der Waals surface area (Å²) in [5.74, 6) is -0.344. The van der Waals surface area contributed by atoms with Gasteiger partial charge in [-0.2, -0.15) is 5.10 Å². The molecule has 2 aromatic rings. The van der Waals surface area contributed by atoms with Crippen LogP contribution in [0, 0.1) is 6.92 Å². The molecule has 0 saturated carbocycles. The Morgan fingerprint density at radius 1 is 1.14 bits per heavy atom. The highest BCUT2D eigenvalue weighted by molar-refractivity contribution is 6.42. The Labute approximate surface area is 175 Å². The van der Waals surface area contributed by atoms with E-state index in [4.69, 9.17) is 23.2 Å². The van der Waals surface area contributed by atoms with Crippen molar-refractivity contribution in [3.63, 3.8) is 0 Å². The van der Waals surface area contributed by atoms with Gasteiger partial charge in [-0.1, -0.05) is 29.3 Å². The molecule has 0 unspecified atom stereocenters. The van der Waals surface area contributed by atoms with E-state index in [1.54, 1.807) is 18.3 Å². The minimum atomic E-state index is -0.344. The second-order valence-electron chi connectivity index (χ2n) is 7.59. The van der Waals surface area contributed by atoms with Gasteiger partial charge in [0, 0.05) is 23.9 Å². The van der Waals surface area contributed by atoms with Gasteiger partial charge in [-0.25, -0.2) is 5.43 Å². The van der Waals surface area contributed by atoms with E-state index in [2.05, 4.69) is 61.5 Å². The van der Waals surface area contributed by atoms with Crippen LogP contribution >= 0.6 is 23.2 Å².